The van der Waals surface area contributed by atoms with Crippen LogP contribution in [-0.4, -0.2) is 19.9 Å². The van der Waals surface area contributed by atoms with Gasteiger partial charge in [0.1, 0.15) is 5.00 Å². The summed E-state index contributed by atoms with van der Waals surface area (Å²) in [6.07, 6.45) is 0. The van der Waals surface area contributed by atoms with Crippen molar-refractivity contribution in [2.24, 2.45) is 30.7 Å². The minimum Gasteiger partial charge on any atom is -0.193 e. The second-order valence-electron chi connectivity index (χ2n) is 2.79. The molecule has 7 heteroatoms. The van der Waals surface area contributed by atoms with Gasteiger partial charge in [-0.3, -0.25) is 0 Å². The summed E-state index contributed by atoms with van der Waals surface area (Å²) in [6.45, 7) is 5.12. The van der Waals surface area contributed by atoms with E-state index < -0.39 is 0 Å². The van der Waals surface area contributed by atoms with Gasteiger partial charge in [-0.1, -0.05) is 0 Å². The highest BCUT2D eigenvalue weighted by Crippen LogP contribution is 2.23. The summed E-state index contributed by atoms with van der Waals surface area (Å²) < 4.78 is 0. The number of rotatable bonds is 6. The van der Waals surface area contributed by atoms with Crippen molar-refractivity contribution in [1.29, 1.82) is 0 Å². The molecule has 6 nitrogen and oxygen atoms in total. The van der Waals surface area contributed by atoms with E-state index in [1.807, 2.05) is 26.0 Å². The first-order valence-corrected chi connectivity index (χ1v) is 5.75. The van der Waals surface area contributed by atoms with E-state index in [4.69, 9.17) is 0 Å². The van der Waals surface area contributed by atoms with Crippen molar-refractivity contribution in [3.63, 3.8) is 0 Å². The van der Waals surface area contributed by atoms with Crippen LogP contribution in [0.5, 0.6) is 0 Å². The summed E-state index contributed by atoms with van der Waals surface area (Å²) in [4.78, 5) is 1.22. The predicted octanol–water partition coefficient (Wildman–Crippen LogP) is 3.98. The van der Waals surface area contributed by atoms with E-state index in [1.54, 1.807) is 11.3 Å². The van der Waals surface area contributed by atoms with E-state index in [0.29, 0.717) is 6.54 Å². The molecule has 0 spiro atoms. The van der Waals surface area contributed by atoms with Crippen molar-refractivity contribution in [2.45, 2.75) is 13.8 Å². The summed E-state index contributed by atoms with van der Waals surface area (Å²) in [5.74, 6) is 0. The zero-order chi connectivity index (χ0) is 11.6. The van der Waals surface area contributed by atoms with Gasteiger partial charge in [-0.15, -0.1) is 16.5 Å². The number of hydrogen-bond acceptors (Lipinski definition) is 7. The summed E-state index contributed by atoms with van der Waals surface area (Å²) in [5.41, 5.74) is 0. The van der Waals surface area contributed by atoms with E-state index in [-0.39, 0.29) is 13.3 Å². The highest BCUT2D eigenvalue weighted by molar-refractivity contribution is 7.15. The van der Waals surface area contributed by atoms with Gasteiger partial charge in [0.2, 0.25) is 0 Å². The van der Waals surface area contributed by atoms with Crippen LogP contribution in [0.2, 0.25) is 0 Å². The molecule has 0 saturated carbocycles. The molecule has 0 saturated heterocycles. The fourth-order valence-corrected chi connectivity index (χ4v) is 1.57. The molecule has 0 aliphatic heterocycles. The normalized spacial score (nSPS) is 12.4. The third-order valence-electron chi connectivity index (χ3n) is 1.49. The summed E-state index contributed by atoms with van der Waals surface area (Å²) in [6, 6.07) is 3.93. The number of nitrogens with zero attached hydrogens (tertiary/aromatic N) is 6. The topological polar surface area (TPSA) is 74.2 Å². The molecule has 0 N–H and O–H groups in total. The lowest BCUT2D eigenvalue weighted by atomic mass is 10.5. The number of azo groups is 3. The summed E-state index contributed by atoms with van der Waals surface area (Å²) >= 11 is 1.60. The van der Waals surface area contributed by atoms with Crippen molar-refractivity contribution >= 4 is 16.3 Å². The molecule has 1 aromatic rings. The molecule has 0 aromatic carbocycles. The fraction of sp³-hybridized carbons (Fsp3) is 0.556. The zero-order valence-electron chi connectivity index (χ0n) is 9.37. The van der Waals surface area contributed by atoms with Crippen LogP contribution in [0.4, 0.5) is 5.00 Å². The van der Waals surface area contributed by atoms with Gasteiger partial charge in [0, 0.05) is 4.88 Å². The van der Waals surface area contributed by atoms with Crippen LogP contribution < -0.4 is 0 Å². The minimum absolute atomic E-state index is 0.235. The Bertz CT molecular complexity index is 381. The molecule has 0 atom stereocenters. The zero-order valence-corrected chi connectivity index (χ0v) is 10.2. The van der Waals surface area contributed by atoms with E-state index in [9.17, 15) is 0 Å². The molecular formula is C9H14N6S. The SMILES string of the molecule is CCN=NCN=NCN=Nc1ccc(C)s1. The average Bonchev–Trinajstić information content (AvgIpc) is 2.68. The van der Waals surface area contributed by atoms with E-state index in [0.717, 1.165) is 5.00 Å². The molecule has 0 amide bonds. The lowest BCUT2D eigenvalue weighted by molar-refractivity contribution is 0.798. The first kappa shape index (κ1) is 12.6. The molecule has 86 valence electrons. The molecule has 1 aromatic heterocycles. The monoisotopic (exact) mass is 238 g/mol. The second-order valence-corrected chi connectivity index (χ2v) is 4.06. The molecule has 0 aliphatic rings. The molecule has 0 radical (unpaired) electrons. The van der Waals surface area contributed by atoms with Crippen LogP contribution in [0.1, 0.15) is 11.8 Å². The lowest BCUT2D eigenvalue weighted by Gasteiger charge is -1.83. The van der Waals surface area contributed by atoms with Crippen molar-refractivity contribution in [1.82, 2.24) is 0 Å². The molecule has 0 bridgehead atoms. The van der Waals surface area contributed by atoms with Gasteiger partial charge in [0.15, 0.2) is 13.3 Å². The van der Waals surface area contributed by atoms with Gasteiger partial charge in [-0.2, -0.15) is 25.6 Å². The number of thiophene rings is 1. The molecule has 16 heavy (non-hydrogen) atoms. The van der Waals surface area contributed by atoms with Crippen LogP contribution in [0.15, 0.2) is 42.8 Å². The van der Waals surface area contributed by atoms with Gasteiger partial charge in [0.25, 0.3) is 0 Å². The van der Waals surface area contributed by atoms with Crippen molar-refractivity contribution in [2.75, 3.05) is 19.9 Å². The van der Waals surface area contributed by atoms with Crippen LogP contribution in [-0.2, 0) is 0 Å². The first-order valence-electron chi connectivity index (χ1n) is 4.93. The summed E-state index contributed by atoms with van der Waals surface area (Å²) in [7, 11) is 0. The van der Waals surface area contributed by atoms with Crippen molar-refractivity contribution in [3.05, 3.63) is 17.0 Å². The lowest BCUT2D eigenvalue weighted by Crippen LogP contribution is -1.73. The van der Waals surface area contributed by atoms with E-state index >= 15 is 0 Å². The molecule has 0 unspecified atom stereocenters. The quantitative estimate of drug-likeness (QED) is 0.672. The van der Waals surface area contributed by atoms with E-state index in [1.165, 1.54) is 4.88 Å². The number of hydrogen-bond donors (Lipinski definition) is 0. The largest absolute Gasteiger partial charge is 0.193 e. The molecule has 1 rings (SSSR count). The van der Waals surface area contributed by atoms with Crippen LogP contribution in [0, 0.1) is 6.92 Å². The molecule has 0 fully saturated rings. The average molecular weight is 238 g/mol. The van der Waals surface area contributed by atoms with Gasteiger partial charge >= 0.3 is 0 Å². The van der Waals surface area contributed by atoms with Gasteiger partial charge < -0.3 is 0 Å². The maximum Gasteiger partial charge on any atom is 0.171 e. The number of aryl methyl sites for hydroxylation is 1. The molecular weight excluding hydrogens is 224 g/mol. The Kier molecular flexibility index (Phi) is 6.09. The Morgan fingerprint density at radius 2 is 1.69 bits per heavy atom. The Morgan fingerprint density at radius 3 is 2.31 bits per heavy atom. The Hall–Kier alpha value is -1.50. The minimum atomic E-state index is 0.235. The van der Waals surface area contributed by atoms with Crippen molar-refractivity contribution in [3.8, 4) is 0 Å². The Balaban J connectivity index is 2.20. The van der Waals surface area contributed by atoms with Crippen LogP contribution >= 0.6 is 11.3 Å². The summed E-state index contributed by atoms with van der Waals surface area (Å²) in [5, 5.41) is 23.8. The molecule has 0 aliphatic carbocycles. The maximum atomic E-state index is 4.00. The highest BCUT2D eigenvalue weighted by Gasteiger charge is 1.91. The predicted molar refractivity (Wildman–Crippen MR) is 63.6 cm³/mol. The van der Waals surface area contributed by atoms with E-state index in [2.05, 4.69) is 30.7 Å². The molecule has 1 heterocycles. The smallest absolute Gasteiger partial charge is 0.171 e. The standard InChI is InChI=1S/C9H14N6S/c1-3-10-11-6-12-13-7-14-15-9-5-4-8(2)16-9/h4-5H,3,6-7H2,1-2H3. The highest BCUT2D eigenvalue weighted by atomic mass is 32.1. The van der Waals surface area contributed by atoms with Crippen LogP contribution in [0.25, 0.3) is 0 Å². The van der Waals surface area contributed by atoms with Gasteiger partial charge in [-0.05, 0) is 26.0 Å². The van der Waals surface area contributed by atoms with Crippen LogP contribution in [0.3, 0.4) is 0 Å². The third-order valence-corrected chi connectivity index (χ3v) is 2.37. The Labute approximate surface area is 98.2 Å². The maximum absolute atomic E-state index is 4.00. The van der Waals surface area contributed by atoms with Gasteiger partial charge in [-0.25, -0.2) is 0 Å². The fourth-order valence-electron chi connectivity index (χ4n) is 0.867. The van der Waals surface area contributed by atoms with Crippen molar-refractivity contribution < 1.29 is 0 Å². The van der Waals surface area contributed by atoms with Gasteiger partial charge in [0.05, 0.1) is 6.54 Å². The first-order chi connectivity index (χ1) is 7.83. The Morgan fingerprint density at radius 1 is 1.00 bits per heavy atom. The third kappa shape index (κ3) is 5.40. The second kappa shape index (κ2) is 7.75.